The fourth-order valence-electron chi connectivity index (χ4n) is 3.12. The molecule has 1 aliphatic rings. The molecular formula is C18H25F3N2O2. The van der Waals surface area contributed by atoms with Crippen molar-refractivity contribution in [2.24, 2.45) is 11.8 Å². The summed E-state index contributed by atoms with van der Waals surface area (Å²) in [5.41, 5.74) is 0.761. The average Bonchev–Trinajstić information content (AvgIpc) is 2.56. The molecule has 2 rings (SSSR count). The van der Waals surface area contributed by atoms with E-state index in [4.69, 9.17) is 0 Å². The molecule has 140 valence electrons. The van der Waals surface area contributed by atoms with Gasteiger partial charge in [0.15, 0.2) is 0 Å². The number of piperidine rings is 1. The molecule has 2 atom stereocenters. The minimum Gasteiger partial charge on any atom is -0.406 e. The Kier molecular flexibility index (Phi) is 6.70. The van der Waals surface area contributed by atoms with E-state index in [2.05, 4.69) is 17.0 Å². The highest BCUT2D eigenvalue weighted by Gasteiger charge is 2.31. The molecule has 1 saturated heterocycles. The maximum absolute atomic E-state index is 12.4. The molecule has 1 aromatic rings. The number of alkyl halides is 3. The highest BCUT2D eigenvalue weighted by Crippen LogP contribution is 2.24. The number of hydrogen-bond acceptors (Lipinski definition) is 3. The highest BCUT2D eigenvalue weighted by molar-refractivity contribution is 5.76. The van der Waals surface area contributed by atoms with Gasteiger partial charge in [0.2, 0.25) is 5.91 Å². The van der Waals surface area contributed by atoms with E-state index in [-0.39, 0.29) is 11.7 Å². The van der Waals surface area contributed by atoms with Crippen LogP contribution >= 0.6 is 0 Å². The Bertz CT molecular complexity index is 554. The smallest absolute Gasteiger partial charge is 0.406 e. The third kappa shape index (κ3) is 6.57. The van der Waals surface area contributed by atoms with Crippen molar-refractivity contribution in [3.63, 3.8) is 0 Å². The van der Waals surface area contributed by atoms with Crippen LogP contribution in [-0.4, -0.2) is 37.3 Å². The Balaban J connectivity index is 1.83. The molecule has 2 unspecified atom stereocenters. The lowest BCUT2D eigenvalue weighted by atomic mass is 9.85. The number of hydrogen-bond donors (Lipinski definition) is 1. The monoisotopic (exact) mass is 358 g/mol. The molecule has 1 aliphatic heterocycles. The molecule has 7 heteroatoms. The van der Waals surface area contributed by atoms with E-state index < -0.39 is 6.36 Å². The molecule has 0 aromatic heterocycles. The number of nitrogens with one attached hydrogen (secondary N) is 1. The molecular weight excluding hydrogens is 333 g/mol. The Hall–Kier alpha value is -1.76. The second-order valence-electron chi connectivity index (χ2n) is 6.73. The van der Waals surface area contributed by atoms with Crippen LogP contribution in [0.1, 0.15) is 31.7 Å². The van der Waals surface area contributed by atoms with Crippen LogP contribution in [0.5, 0.6) is 5.75 Å². The van der Waals surface area contributed by atoms with E-state index in [0.717, 1.165) is 31.5 Å². The van der Waals surface area contributed by atoms with Crippen molar-refractivity contribution in [1.82, 2.24) is 10.2 Å². The third-order valence-corrected chi connectivity index (χ3v) is 4.64. The van der Waals surface area contributed by atoms with Gasteiger partial charge in [-0.15, -0.1) is 13.2 Å². The van der Waals surface area contributed by atoms with Crippen LogP contribution in [0.4, 0.5) is 13.2 Å². The first kappa shape index (κ1) is 19.6. The van der Waals surface area contributed by atoms with Gasteiger partial charge in [0, 0.05) is 20.0 Å². The van der Waals surface area contributed by atoms with Gasteiger partial charge in [0.25, 0.3) is 0 Å². The summed E-state index contributed by atoms with van der Waals surface area (Å²) in [4.78, 5) is 14.0. The summed E-state index contributed by atoms with van der Waals surface area (Å²) in [6.07, 6.45) is -1.92. The Morgan fingerprint density at radius 3 is 2.60 bits per heavy atom. The summed E-state index contributed by atoms with van der Waals surface area (Å²) in [6, 6.07) is 5.60. The van der Waals surface area contributed by atoms with Crippen LogP contribution in [0.25, 0.3) is 0 Å². The zero-order chi connectivity index (χ0) is 18.4. The van der Waals surface area contributed by atoms with Gasteiger partial charge in [-0.3, -0.25) is 4.79 Å². The predicted molar refractivity (Wildman–Crippen MR) is 89.0 cm³/mol. The zero-order valence-electron chi connectivity index (χ0n) is 14.6. The van der Waals surface area contributed by atoms with Crippen LogP contribution in [0.3, 0.4) is 0 Å². The summed E-state index contributed by atoms with van der Waals surface area (Å²) < 4.78 is 40.3. The van der Waals surface area contributed by atoms with E-state index in [1.165, 1.54) is 12.1 Å². The highest BCUT2D eigenvalue weighted by atomic mass is 19.4. The van der Waals surface area contributed by atoms with Crippen molar-refractivity contribution in [3.05, 3.63) is 29.8 Å². The van der Waals surface area contributed by atoms with Gasteiger partial charge in [-0.05, 0) is 55.5 Å². The first-order valence-corrected chi connectivity index (χ1v) is 8.54. The second-order valence-corrected chi connectivity index (χ2v) is 6.73. The van der Waals surface area contributed by atoms with Crippen molar-refractivity contribution in [3.8, 4) is 5.75 Å². The van der Waals surface area contributed by atoms with Gasteiger partial charge in [-0.1, -0.05) is 19.1 Å². The fourth-order valence-corrected chi connectivity index (χ4v) is 3.12. The van der Waals surface area contributed by atoms with E-state index >= 15 is 0 Å². The topological polar surface area (TPSA) is 41.6 Å². The molecule has 0 spiro atoms. The molecule has 4 nitrogen and oxygen atoms in total. The maximum Gasteiger partial charge on any atom is 0.573 e. The lowest BCUT2D eigenvalue weighted by Gasteiger charge is -2.29. The van der Waals surface area contributed by atoms with Crippen molar-refractivity contribution in [1.29, 1.82) is 0 Å². The van der Waals surface area contributed by atoms with E-state index in [0.29, 0.717) is 24.8 Å². The summed E-state index contributed by atoms with van der Waals surface area (Å²) in [6.45, 7) is 4.47. The SMILES string of the molecule is CC(CC(=O)N(C)Cc1ccc(OC(F)(F)F)cc1)C1CCCNC1. The van der Waals surface area contributed by atoms with Crippen LogP contribution in [0, 0.1) is 11.8 Å². The maximum atomic E-state index is 12.4. The minimum absolute atomic E-state index is 0.0497. The third-order valence-electron chi connectivity index (χ3n) is 4.64. The molecule has 1 heterocycles. The van der Waals surface area contributed by atoms with Gasteiger partial charge in [-0.25, -0.2) is 0 Å². The van der Waals surface area contributed by atoms with Crippen LogP contribution in [0.15, 0.2) is 24.3 Å². The Morgan fingerprint density at radius 1 is 1.36 bits per heavy atom. The second kappa shape index (κ2) is 8.56. The summed E-state index contributed by atoms with van der Waals surface area (Å²) in [5.74, 6) is 0.618. The number of carbonyl (C=O) groups excluding carboxylic acids is 1. The van der Waals surface area contributed by atoms with Gasteiger partial charge < -0.3 is 15.0 Å². The lowest BCUT2D eigenvalue weighted by molar-refractivity contribution is -0.274. The predicted octanol–water partition coefficient (Wildman–Crippen LogP) is 3.57. The molecule has 0 aliphatic carbocycles. The fraction of sp³-hybridized carbons (Fsp3) is 0.611. The Labute approximate surface area is 146 Å². The van der Waals surface area contributed by atoms with Gasteiger partial charge in [-0.2, -0.15) is 0 Å². The van der Waals surface area contributed by atoms with Crippen molar-refractivity contribution < 1.29 is 22.7 Å². The number of benzene rings is 1. The average molecular weight is 358 g/mol. The number of amides is 1. The van der Waals surface area contributed by atoms with Gasteiger partial charge in [0.1, 0.15) is 5.75 Å². The number of ether oxygens (including phenoxy) is 1. The van der Waals surface area contributed by atoms with Crippen LogP contribution in [0.2, 0.25) is 0 Å². The number of nitrogens with zero attached hydrogens (tertiary/aromatic N) is 1. The van der Waals surface area contributed by atoms with E-state index in [9.17, 15) is 18.0 Å². The standard InChI is InChI=1S/C18H25F3N2O2/c1-13(15-4-3-9-22-11-15)10-17(24)23(2)12-14-5-7-16(8-6-14)25-18(19,20)21/h5-8,13,15,22H,3-4,9-12H2,1-2H3. The summed E-state index contributed by atoms with van der Waals surface area (Å²) in [7, 11) is 1.72. The lowest BCUT2D eigenvalue weighted by Crippen LogP contribution is -2.36. The number of carbonyl (C=O) groups is 1. The number of rotatable bonds is 6. The molecule has 1 amide bonds. The minimum atomic E-state index is -4.70. The molecule has 1 fully saturated rings. The first-order valence-electron chi connectivity index (χ1n) is 8.54. The quantitative estimate of drug-likeness (QED) is 0.845. The largest absolute Gasteiger partial charge is 0.573 e. The normalized spacial score (nSPS) is 19.3. The number of halogens is 3. The molecule has 0 saturated carbocycles. The summed E-state index contributed by atoms with van der Waals surface area (Å²) in [5, 5.41) is 3.36. The molecule has 0 radical (unpaired) electrons. The van der Waals surface area contributed by atoms with Crippen LogP contribution < -0.4 is 10.1 Å². The van der Waals surface area contributed by atoms with Gasteiger partial charge >= 0.3 is 6.36 Å². The van der Waals surface area contributed by atoms with E-state index in [1.54, 1.807) is 24.1 Å². The molecule has 1 N–H and O–H groups in total. The molecule has 0 bridgehead atoms. The van der Waals surface area contributed by atoms with Crippen LogP contribution in [-0.2, 0) is 11.3 Å². The summed E-state index contributed by atoms with van der Waals surface area (Å²) >= 11 is 0. The van der Waals surface area contributed by atoms with E-state index in [1.807, 2.05) is 0 Å². The van der Waals surface area contributed by atoms with Crippen molar-refractivity contribution >= 4 is 5.91 Å². The van der Waals surface area contributed by atoms with Crippen molar-refractivity contribution in [2.75, 3.05) is 20.1 Å². The van der Waals surface area contributed by atoms with Gasteiger partial charge in [0.05, 0.1) is 0 Å². The zero-order valence-corrected chi connectivity index (χ0v) is 14.6. The molecule has 1 aromatic carbocycles. The Morgan fingerprint density at radius 2 is 2.04 bits per heavy atom. The molecule has 25 heavy (non-hydrogen) atoms. The van der Waals surface area contributed by atoms with Crippen molar-refractivity contribution in [2.45, 2.75) is 39.1 Å². The first-order chi connectivity index (χ1) is 11.7.